The first-order valence-corrected chi connectivity index (χ1v) is 7.17. The van der Waals surface area contributed by atoms with Crippen LogP contribution in [0.15, 0.2) is 30.6 Å². The Morgan fingerprint density at radius 2 is 2.14 bits per heavy atom. The number of benzene rings is 1. The molecule has 5 heteroatoms. The maximum absolute atomic E-state index is 8.97. The Balaban J connectivity index is 1.88. The number of nitriles is 1. The van der Waals surface area contributed by atoms with E-state index in [1.54, 1.807) is 6.33 Å². The van der Waals surface area contributed by atoms with E-state index >= 15 is 0 Å². The number of hydrogen-bond donors (Lipinski definition) is 1. The van der Waals surface area contributed by atoms with E-state index in [2.05, 4.69) is 16.2 Å². The number of nitrogens with two attached hydrogens (primary N) is 1. The lowest BCUT2D eigenvalue weighted by atomic mass is 9.89. The van der Waals surface area contributed by atoms with Crippen LogP contribution in [0.3, 0.4) is 0 Å². The van der Waals surface area contributed by atoms with Crippen molar-refractivity contribution in [3.63, 3.8) is 0 Å². The van der Waals surface area contributed by atoms with E-state index in [1.807, 2.05) is 42.8 Å². The molecule has 0 amide bonds. The van der Waals surface area contributed by atoms with Crippen molar-refractivity contribution >= 4 is 5.69 Å². The lowest BCUT2D eigenvalue weighted by Crippen LogP contribution is -2.08. The number of aromatic nitrogens is 3. The molecule has 0 aliphatic rings. The minimum atomic E-state index is -0.241. The zero-order chi connectivity index (χ0) is 15.3. The summed E-state index contributed by atoms with van der Waals surface area (Å²) in [7, 11) is 0. The van der Waals surface area contributed by atoms with E-state index in [1.165, 1.54) is 0 Å². The van der Waals surface area contributed by atoms with Gasteiger partial charge in [0.1, 0.15) is 6.33 Å². The van der Waals surface area contributed by atoms with Gasteiger partial charge in [0.2, 0.25) is 0 Å². The molecular formula is C16H21N5. The Bertz CT molecular complexity index is 636. The smallest absolute Gasteiger partial charge is 0.181 e. The van der Waals surface area contributed by atoms with Gasteiger partial charge in [-0.1, -0.05) is 18.6 Å². The van der Waals surface area contributed by atoms with Crippen molar-refractivity contribution < 1.29 is 0 Å². The lowest BCUT2D eigenvalue weighted by molar-refractivity contribution is 0.412. The van der Waals surface area contributed by atoms with Gasteiger partial charge < -0.3 is 5.73 Å². The van der Waals surface area contributed by atoms with E-state index in [4.69, 9.17) is 11.0 Å². The Kier molecular flexibility index (Phi) is 4.59. The van der Waals surface area contributed by atoms with E-state index in [9.17, 15) is 0 Å². The first-order chi connectivity index (χ1) is 10.00. The predicted octanol–water partition coefficient (Wildman–Crippen LogP) is 3.25. The fourth-order valence-corrected chi connectivity index (χ4v) is 2.11. The Labute approximate surface area is 125 Å². The fraction of sp³-hybridized carbons (Fsp3) is 0.438. The number of anilines is 1. The summed E-state index contributed by atoms with van der Waals surface area (Å²) in [5.41, 5.74) is 7.17. The summed E-state index contributed by atoms with van der Waals surface area (Å²) in [6, 6.07) is 9.89. The molecular weight excluding hydrogens is 262 g/mol. The highest BCUT2D eigenvalue weighted by molar-refractivity contribution is 5.60. The van der Waals surface area contributed by atoms with Gasteiger partial charge in [-0.25, -0.2) is 4.98 Å². The van der Waals surface area contributed by atoms with Crippen LogP contribution < -0.4 is 5.73 Å². The standard InChI is InChI=1S/C16H21N5/c1-16(2,11-17)8-3-4-9-21-12-19-15(20-21)13-6-5-7-14(18)10-13/h5-7,10,12H,3-4,8-9,18H2,1-2H3. The largest absolute Gasteiger partial charge is 0.399 e. The van der Waals surface area contributed by atoms with E-state index in [0.29, 0.717) is 11.5 Å². The van der Waals surface area contributed by atoms with Crippen LogP contribution in [-0.2, 0) is 6.54 Å². The second-order valence-electron chi connectivity index (χ2n) is 5.91. The highest BCUT2D eigenvalue weighted by Crippen LogP contribution is 2.22. The van der Waals surface area contributed by atoms with Gasteiger partial charge in [-0.3, -0.25) is 4.68 Å². The minimum Gasteiger partial charge on any atom is -0.399 e. The second kappa shape index (κ2) is 6.40. The number of unbranched alkanes of at least 4 members (excludes halogenated alkanes) is 1. The van der Waals surface area contributed by atoms with Crippen LogP contribution in [0.1, 0.15) is 33.1 Å². The minimum absolute atomic E-state index is 0.241. The van der Waals surface area contributed by atoms with Gasteiger partial charge >= 0.3 is 0 Å². The van der Waals surface area contributed by atoms with Crippen molar-refractivity contribution in [3.8, 4) is 17.5 Å². The molecule has 0 fully saturated rings. The molecule has 21 heavy (non-hydrogen) atoms. The van der Waals surface area contributed by atoms with Crippen molar-refractivity contribution in [1.29, 1.82) is 5.26 Å². The van der Waals surface area contributed by atoms with Crippen LogP contribution in [0.25, 0.3) is 11.4 Å². The third kappa shape index (κ3) is 4.32. The molecule has 0 saturated carbocycles. The Morgan fingerprint density at radius 1 is 1.33 bits per heavy atom. The molecule has 110 valence electrons. The third-order valence-electron chi connectivity index (χ3n) is 3.42. The molecule has 1 heterocycles. The monoisotopic (exact) mass is 283 g/mol. The maximum atomic E-state index is 8.97. The van der Waals surface area contributed by atoms with Crippen LogP contribution in [0.4, 0.5) is 5.69 Å². The number of aryl methyl sites for hydroxylation is 1. The summed E-state index contributed by atoms with van der Waals surface area (Å²) >= 11 is 0. The molecule has 1 aromatic carbocycles. The molecule has 0 aliphatic carbocycles. The maximum Gasteiger partial charge on any atom is 0.181 e. The zero-order valence-electron chi connectivity index (χ0n) is 12.6. The molecule has 0 bridgehead atoms. The first-order valence-electron chi connectivity index (χ1n) is 7.17. The van der Waals surface area contributed by atoms with Crippen molar-refractivity contribution in [3.05, 3.63) is 30.6 Å². The lowest BCUT2D eigenvalue weighted by Gasteiger charge is -2.13. The number of hydrogen-bond acceptors (Lipinski definition) is 4. The quantitative estimate of drug-likeness (QED) is 0.652. The van der Waals surface area contributed by atoms with Crippen LogP contribution in [0.5, 0.6) is 0 Å². The van der Waals surface area contributed by atoms with Crippen LogP contribution in [0, 0.1) is 16.7 Å². The van der Waals surface area contributed by atoms with Crippen LogP contribution >= 0.6 is 0 Å². The topological polar surface area (TPSA) is 80.5 Å². The fourth-order valence-electron chi connectivity index (χ4n) is 2.11. The van der Waals surface area contributed by atoms with E-state index in [0.717, 1.165) is 31.4 Å². The highest BCUT2D eigenvalue weighted by atomic mass is 15.3. The molecule has 0 unspecified atom stereocenters. The van der Waals surface area contributed by atoms with Crippen LogP contribution in [-0.4, -0.2) is 14.8 Å². The van der Waals surface area contributed by atoms with Gasteiger partial charge in [0.25, 0.3) is 0 Å². The molecule has 2 N–H and O–H groups in total. The Hall–Kier alpha value is -2.35. The van der Waals surface area contributed by atoms with Gasteiger partial charge in [-0.05, 0) is 38.8 Å². The molecule has 0 spiro atoms. The highest BCUT2D eigenvalue weighted by Gasteiger charge is 2.15. The summed E-state index contributed by atoms with van der Waals surface area (Å²) < 4.78 is 1.85. The summed E-state index contributed by atoms with van der Waals surface area (Å²) in [5, 5.41) is 13.4. The van der Waals surface area contributed by atoms with E-state index in [-0.39, 0.29) is 5.41 Å². The average Bonchev–Trinajstić information content (AvgIpc) is 2.93. The summed E-state index contributed by atoms with van der Waals surface area (Å²) in [6.07, 6.45) is 4.65. The summed E-state index contributed by atoms with van der Waals surface area (Å²) in [5.74, 6) is 0.694. The average molecular weight is 283 g/mol. The molecule has 0 aliphatic heterocycles. The van der Waals surface area contributed by atoms with Gasteiger partial charge in [0.05, 0.1) is 11.5 Å². The molecule has 0 saturated heterocycles. The summed E-state index contributed by atoms with van der Waals surface area (Å²) in [4.78, 5) is 4.32. The van der Waals surface area contributed by atoms with Crippen molar-refractivity contribution in [2.45, 2.75) is 39.7 Å². The first kappa shape index (κ1) is 15.0. The molecule has 5 nitrogen and oxygen atoms in total. The molecule has 0 atom stereocenters. The van der Waals surface area contributed by atoms with E-state index < -0.39 is 0 Å². The Morgan fingerprint density at radius 3 is 2.86 bits per heavy atom. The SMILES string of the molecule is CC(C)(C#N)CCCCn1cnc(-c2cccc(N)c2)n1. The van der Waals surface area contributed by atoms with Gasteiger partial charge in [-0.2, -0.15) is 10.4 Å². The van der Waals surface area contributed by atoms with Crippen LogP contribution in [0.2, 0.25) is 0 Å². The molecule has 2 rings (SSSR count). The molecule has 0 radical (unpaired) electrons. The molecule has 1 aromatic heterocycles. The third-order valence-corrected chi connectivity index (χ3v) is 3.42. The van der Waals surface area contributed by atoms with Crippen molar-refractivity contribution in [2.75, 3.05) is 5.73 Å². The van der Waals surface area contributed by atoms with Gasteiger partial charge in [-0.15, -0.1) is 0 Å². The second-order valence-corrected chi connectivity index (χ2v) is 5.91. The normalized spacial score (nSPS) is 11.3. The van der Waals surface area contributed by atoms with Crippen molar-refractivity contribution in [1.82, 2.24) is 14.8 Å². The summed E-state index contributed by atoms with van der Waals surface area (Å²) in [6.45, 7) is 4.76. The van der Waals surface area contributed by atoms with Gasteiger partial charge in [0, 0.05) is 17.8 Å². The number of nitrogens with zero attached hydrogens (tertiary/aromatic N) is 4. The number of rotatable bonds is 6. The van der Waals surface area contributed by atoms with Gasteiger partial charge in [0.15, 0.2) is 5.82 Å². The zero-order valence-corrected chi connectivity index (χ0v) is 12.6. The molecule has 2 aromatic rings. The predicted molar refractivity (Wildman–Crippen MR) is 83.1 cm³/mol. The van der Waals surface area contributed by atoms with Crippen molar-refractivity contribution in [2.24, 2.45) is 5.41 Å². The number of nitrogen functional groups attached to an aromatic ring is 1.